The monoisotopic (exact) mass is 292 g/mol. The Morgan fingerprint density at radius 3 is 2.33 bits per heavy atom. The third-order valence-electron chi connectivity index (χ3n) is 3.96. The number of nitrogens with one attached hydrogen (secondary N) is 1. The van der Waals surface area contributed by atoms with Crippen LogP contribution in [-0.2, 0) is 0 Å². The zero-order valence-electron chi connectivity index (χ0n) is 14.4. The van der Waals surface area contributed by atoms with Crippen LogP contribution in [0.4, 0.5) is 0 Å². The molecule has 0 spiro atoms. The van der Waals surface area contributed by atoms with E-state index in [1.165, 1.54) is 24.9 Å². The standard InChI is InChI=1S/C18H32N2O/c1-6-21-18-11-9-17(10-12-18)16(4)19-13-7-8-14-20(5)15(2)3/h9-12,15-16,19H,6-8,13-14H2,1-5H3. The zero-order chi connectivity index (χ0) is 15.7. The quantitative estimate of drug-likeness (QED) is 0.663. The Morgan fingerprint density at radius 1 is 1.10 bits per heavy atom. The highest BCUT2D eigenvalue weighted by Crippen LogP contribution is 2.17. The normalized spacial score (nSPS) is 12.9. The summed E-state index contributed by atoms with van der Waals surface area (Å²) >= 11 is 0. The maximum atomic E-state index is 5.47. The Morgan fingerprint density at radius 2 is 1.76 bits per heavy atom. The van der Waals surface area contributed by atoms with Crippen molar-refractivity contribution in [1.29, 1.82) is 0 Å². The third-order valence-corrected chi connectivity index (χ3v) is 3.96. The van der Waals surface area contributed by atoms with Gasteiger partial charge in [-0.1, -0.05) is 12.1 Å². The van der Waals surface area contributed by atoms with Crippen molar-refractivity contribution < 1.29 is 4.74 Å². The van der Waals surface area contributed by atoms with E-state index in [0.717, 1.165) is 18.9 Å². The van der Waals surface area contributed by atoms with Crippen molar-refractivity contribution in [3.05, 3.63) is 29.8 Å². The first kappa shape index (κ1) is 18.0. The topological polar surface area (TPSA) is 24.5 Å². The molecule has 120 valence electrons. The summed E-state index contributed by atoms with van der Waals surface area (Å²) in [5.41, 5.74) is 1.32. The van der Waals surface area contributed by atoms with Crippen LogP contribution in [0.5, 0.6) is 5.75 Å². The molecule has 0 aliphatic carbocycles. The van der Waals surface area contributed by atoms with Gasteiger partial charge in [0.1, 0.15) is 5.75 Å². The van der Waals surface area contributed by atoms with Gasteiger partial charge in [0.15, 0.2) is 0 Å². The lowest BCUT2D eigenvalue weighted by atomic mass is 10.1. The van der Waals surface area contributed by atoms with Gasteiger partial charge in [0.05, 0.1) is 6.61 Å². The molecule has 1 atom stereocenters. The van der Waals surface area contributed by atoms with Crippen LogP contribution in [0.25, 0.3) is 0 Å². The van der Waals surface area contributed by atoms with E-state index in [1.807, 2.05) is 6.92 Å². The summed E-state index contributed by atoms with van der Waals surface area (Å²) in [5, 5.41) is 3.59. The molecule has 1 aromatic rings. The van der Waals surface area contributed by atoms with Crippen LogP contribution in [0.2, 0.25) is 0 Å². The second-order valence-corrected chi connectivity index (χ2v) is 5.96. The molecule has 1 aromatic carbocycles. The summed E-state index contributed by atoms with van der Waals surface area (Å²) in [6.45, 7) is 11.7. The molecule has 21 heavy (non-hydrogen) atoms. The molecule has 3 nitrogen and oxygen atoms in total. The van der Waals surface area contributed by atoms with Gasteiger partial charge in [-0.2, -0.15) is 0 Å². The minimum absolute atomic E-state index is 0.392. The second-order valence-electron chi connectivity index (χ2n) is 5.96. The largest absolute Gasteiger partial charge is 0.494 e. The van der Waals surface area contributed by atoms with E-state index >= 15 is 0 Å². The predicted octanol–water partition coefficient (Wildman–Crippen LogP) is 3.86. The maximum absolute atomic E-state index is 5.47. The molecule has 0 saturated carbocycles. The average molecular weight is 292 g/mol. The summed E-state index contributed by atoms with van der Waals surface area (Å²) in [6, 6.07) is 9.43. The lowest BCUT2D eigenvalue weighted by Gasteiger charge is -2.21. The van der Waals surface area contributed by atoms with Crippen molar-refractivity contribution in [2.24, 2.45) is 0 Å². The predicted molar refractivity (Wildman–Crippen MR) is 91.0 cm³/mol. The van der Waals surface area contributed by atoms with Gasteiger partial charge in [-0.25, -0.2) is 0 Å². The molecule has 1 rings (SSSR count). The molecule has 0 aromatic heterocycles. The average Bonchev–Trinajstić information content (AvgIpc) is 2.47. The number of hydrogen-bond acceptors (Lipinski definition) is 3. The zero-order valence-corrected chi connectivity index (χ0v) is 14.4. The van der Waals surface area contributed by atoms with Gasteiger partial charge in [0.25, 0.3) is 0 Å². The molecule has 0 heterocycles. The summed E-state index contributed by atoms with van der Waals surface area (Å²) in [7, 11) is 2.20. The molecule has 3 heteroatoms. The van der Waals surface area contributed by atoms with E-state index in [2.05, 4.69) is 62.3 Å². The molecule has 0 aliphatic heterocycles. The molecule has 1 unspecified atom stereocenters. The van der Waals surface area contributed by atoms with E-state index < -0.39 is 0 Å². The maximum Gasteiger partial charge on any atom is 0.119 e. The highest BCUT2D eigenvalue weighted by atomic mass is 16.5. The summed E-state index contributed by atoms with van der Waals surface area (Å²) in [6.07, 6.45) is 2.47. The van der Waals surface area contributed by atoms with E-state index in [1.54, 1.807) is 0 Å². The molecule has 1 N–H and O–H groups in total. The summed E-state index contributed by atoms with van der Waals surface area (Å²) in [4.78, 5) is 2.40. The fraction of sp³-hybridized carbons (Fsp3) is 0.667. The molecule has 0 saturated heterocycles. The fourth-order valence-electron chi connectivity index (χ4n) is 2.20. The van der Waals surface area contributed by atoms with Crippen molar-refractivity contribution in [2.75, 3.05) is 26.7 Å². The van der Waals surface area contributed by atoms with Crippen molar-refractivity contribution in [2.45, 2.75) is 52.6 Å². The van der Waals surface area contributed by atoms with Gasteiger partial charge in [-0.15, -0.1) is 0 Å². The van der Waals surface area contributed by atoms with Crippen LogP contribution in [0.15, 0.2) is 24.3 Å². The number of hydrogen-bond donors (Lipinski definition) is 1. The highest BCUT2D eigenvalue weighted by molar-refractivity contribution is 5.28. The van der Waals surface area contributed by atoms with Crippen LogP contribution in [0.1, 0.15) is 52.1 Å². The first-order valence-electron chi connectivity index (χ1n) is 8.21. The molecule has 0 aliphatic rings. The Balaban J connectivity index is 2.22. The van der Waals surface area contributed by atoms with Crippen LogP contribution >= 0.6 is 0 Å². The van der Waals surface area contributed by atoms with Gasteiger partial charge in [0.2, 0.25) is 0 Å². The molecule has 0 amide bonds. The van der Waals surface area contributed by atoms with Gasteiger partial charge < -0.3 is 15.0 Å². The van der Waals surface area contributed by atoms with Crippen LogP contribution in [0, 0.1) is 0 Å². The number of ether oxygens (including phenoxy) is 1. The Kier molecular flexibility index (Phi) is 8.40. The van der Waals surface area contributed by atoms with Crippen molar-refractivity contribution in [1.82, 2.24) is 10.2 Å². The fourth-order valence-corrected chi connectivity index (χ4v) is 2.20. The van der Waals surface area contributed by atoms with Gasteiger partial charge in [-0.3, -0.25) is 0 Å². The minimum Gasteiger partial charge on any atom is -0.494 e. The number of rotatable bonds is 10. The Hall–Kier alpha value is -1.06. The highest BCUT2D eigenvalue weighted by Gasteiger charge is 2.05. The Labute approximate surface area is 130 Å². The van der Waals surface area contributed by atoms with Crippen LogP contribution in [0.3, 0.4) is 0 Å². The smallest absolute Gasteiger partial charge is 0.119 e. The first-order chi connectivity index (χ1) is 10.0. The van der Waals surface area contributed by atoms with Crippen LogP contribution < -0.4 is 10.1 Å². The van der Waals surface area contributed by atoms with E-state index in [9.17, 15) is 0 Å². The lowest BCUT2D eigenvalue weighted by molar-refractivity contribution is 0.267. The summed E-state index contributed by atoms with van der Waals surface area (Å²) in [5.74, 6) is 0.949. The Bertz CT molecular complexity index is 375. The molecule has 0 fully saturated rings. The number of nitrogens with zero attached hydrogens (tertiary/aromatic N) is 1. The van der Waals surface area contributed by atoms with Gasteiger partial charge in [-0.05, 0) is 78.4 Å². The number of benzene rings is 1. The lowest BCUT2D eigenvalue weighted by Crippen LogP contribution is -2.28. The van der Waals surface area contributed by atoms with Gasteiger partial charge in [0, 0.05) is 12.1 Å². The van der Waals surface area contributed by atoms with Crippen molar-refractivity contribution >= 4 is 0 Å². The number of unbranched alkanes of at least 4 members (excludes halogenated alkanes) is 1. The molecular formula is C18H32N2O. The van der Waals surface area contributed by atoms with E-state index in [4.69, 9.17) is 4.74 Å². The molecular weight excluding hydrogens is 260 g/mol. The SMILES string of the molecule is CCOc1ccc(C(C)NCCCCN(C)C(C)C)cc1. The van der Waals surface area contributed by atoms with Crippen LogP contribution in [-0.4, -0.2) is 37.7 Å². The molecule has 0 radical (unpaired) electrons. The minimum atomic E-state index is 0.392. The van der Waals surface area contributed by atoms with E-state index in [-0.39, 0.29) is 0 Å². The van der Waals surface area contributed by atoms with Crippen molar-refractivity contribution in [3.63, 3.8) is 0 Å². The second kappa shape index (κ2) is 9.80. The van der Waals surface area contributed by atoms with E-state index in [0.29, 0.717) is 12.1 Å². The molecule has 0 bridgehead atoms. The third kappa shape index (κ3) is 6.96. The summed E-state index contributed by atoms with van der Waals surface area (Å²) < 4.78 is 5.47. The van der Waals surface area contributed by atoms with Gasteiger partial charge >= 0.3 is 0 Å². The first-order valence-corrected chi connectivity index (χ1v) is 8.21. The van der Waals surface area contributed by atoms with Crippen molar-refractivity contribution in [3.8, 4) is 5.75 Å².